The first-order chi connectivity index (χ1) is 14.1. The van der Waals surface area contributed by atoms with Crippen molar-refractivity contribution in [3.8, 4) is 5.82 Å². The highest BCUT2D eigenvalue weighted by atomic mass is 16.2. The molecule has 5 rings (SSSR count). The van der Waals surface area contributed by atoms with Gasteiger partial charge in [-0.3, -0.25) is 4.79 Å². The average Bonchev–Trinajstić information content (AvgIpc) is 3.33. The zero-order valence-corrected chi connectivity index (χ0v) is 16.4. The minimum Gasteiger partial charge on any atom is -0.334 e. The Morgan fingerprint density at radius 3 is 2.45 bits per heavy atom. The van der Waals surface area contributed by atoms with Crippen LogP contribution in [0.15, 0.2) is 36.8 Å². The number of likely N-dealkylation sites (tertiary alicyclic amines) is 1. The van der Waals surface area contributed by atoms with E-state index in [0.717, 1.165) is 30.2 Å². The molecule has 2 aliphatic heterocycles. The number of aryl methyl sites for hydroxylation is 2. The molecule has 2 bridgehead atoms. The van der Waals surface area contributed by atoms with Crippen molar-refractivity contribution in [2.75, 3.05) is 18.0 Å². The van der Waals surface area contributed by atoms with E-state index in [4.69, 9.17) is 0 Å². The number of aromatic nitrogens is 6. The van der Waals surface area contributed by atoms with Gasteiger partial charge in [0.2, 0.25) is 5.95 Å². The van der Waals surface area contributed by atoms with Gasteiger partial charge in [0.15, 0.2) is 5.82 Å². The average molecular weight is 390 g/mol. The van der Waals surface area contributed by atoms with Crippen LogP contribution in [0.4, 0.5) is 5.95 Å². The van der Waals surface area contributed by atoms with E-state index in [1.54, 1.807) is 30.7 Å². The predicted octanol–water partition coefficient (Wildman–Crippen LogP) is 1.56. The van der Waals surface area contributed by atoms with Gasteiger partial charge in [0.25, 0.3) is 5.91 Å². The highest BCUT2D eigenvalue weighted by Crippen LogP contribution is 2.34. The van der Waals surface area contributed by atoms with E-state index in [9.17, 15) is 4.79 Å². The van der Waals surface area contributed by atoms with Gasteiger partial charge in [-0.2, -0.15) is 0 Å². The maximum absolute atomic E-state index is 13.4. The molecule has 0 saturated carbocycles. The molecule has 2 fully saturated rings. The molecule has 0 N–H and O–H groups in total. The minimum atomic E-state index is -0.0264. The van der Waals surface area contributed by atoms with Crippen molar-refractivity contribution >= 4 is 11.9 Å². The second kappa shape index (κ2) is 6.91. The SMILES string of the molecule is Cc1cc(C)nc(N2C3CCC2CN(C(=O)c2cccnc2-n2ccnn2)C3)n1. The summed E-state index contributed by atoms with van der Waals surface area (Å²) in [6.07, 6.45) is 7.00. The largest absolute Gasteiger partial charge is 0.334 e. The second-order valence-corrected chi connectivity index (χ2v) is 7.68. The smallest absolute Gasteiger partial charge is 0.257 e. The van der Waals surface area contributed by atoms with E-state index >= 15 is 0 Å². The Kier molecular flexibility index (Phi) is 4.22. The Bertz CT molecular complexity index is 1020. The minimum absolute atomic E-state index is 0.0264. The van der Waals surface area contributed by atoms with Gasteiger partial charge in [-0.15, -0.1) is 5.10 Å². The number of carbonyl (C=O) groups is 1. The van der Waals surface area contributed by atoms with Crippen molar-refractivity contribution in [1.29, 1.82) is 0 Å². The fourth-order valence-electron chi connectivity index (χ4n) is 4.46. The number of fused-ring (bicyclic) bond motifs is 2. The summed E-state index contributed by atoms with van der Waals surface area (Å²) in [4.78, 5) is 31.3. The Labute approximate surface area is 168 Å². The normalized spacial score (nSPS) is 20.9. The fraction of sp³-hybridized carbons (Fsp3) is 0.400. The molecule has 2 aliphatic rings. The number of anilines is 1. The molecule has 29 heavy (non-hydrogen) atoms. The maximum Gasteiger partial charge on any atom is 0.257 e. The highest BCUT2D eigenvalue weighted by molar-refractivity contribution is 5.97. The molecule has 0 radical (unpaired) electrons. The summed E-state index contributed by atoms with van der Waals surface area (Å²) in [6, 6.07) is 6.02. The van der Waals surface area contributed by atoms with Crippen molar-refractivity contribution in [3.05, 3.63) is 53.7 Å². The van der Waals surface area contributed by atoms with Crippen molar-refractivity contribution in [3.63, 3.8) is 0 Å². The Balaban J connectivity index is 1.41. The first kappa shape index (κ1) is 17.7. The van der Waals surface area contributed by atoms with E-state index in [-0.39, 0.29) is 18.0 Å². The molecule has 9 heteroatoms. The van der Waals surface area contributed by atoms with Crippen LogP contribution in [0.1, 0.15) is 34.6 Å². The van der Waals surface area contributed by atoms with Gasteiger partial charge in [0.05, 0.1) is 18.0 Å². The van der Waals surface area contributed by atoms with Crippen LogP contribution in [0.2, 0.25) is 0 Å². The second-order valence-electron chi connectivity index (χ2n) is 7.68. The summed E-state index contributed by atoms with van der Waals surface area (Å²) in [5.74, 6) is 1.26. The number of hydrogen-bond donors (Lipinski definition) is 0. The lowest BCUT2D eigenvalue weighted by atomic mass is 10.1. The highest BCUT2D eigenvalue weighted by Gasteiger charge is 2.43. The third-order valence-electron chi connectivity index (χ3n) is 5.63. The molecule has 3 aromatic rings. The summed E-state index contributed by atoms with van der Waals surface area (Å²) in [6.45, 7) is 5.29. The van der Waals surface area contributed by atoms with E-state index < -0.39 is 0 Å². The van der Waals surface area contributed by atoms with Gasteiger partial charge < -0.3 is 9.80 Å². The molecule has 2 saturated heterocycles. The molecule has 0 aromatic carbocycles. The molecule has 148 valence electrons. The van der Waals surface area contributed by atoms with Gasteiger partial charge in [0, 0.05) is 42.8 Å². The number of piperazine rings is 1. The van der Waals surface area contributed by atoms with Crippen molar-refractivity contribution in [2.45, 2.75) is 38.8 Å². The van der Waals surface area contributed by atoms with E-state index in [1.165, 1.54) is 4.68 Å². The van der Waals surface area contributed by atoms with Gasteiger partial charge in [-0.25, -0.2) is 19.6 Å². The van der Waals surface area contributed by atoms with E-state index in [1.807, 2.05) is 24.8 Å². The van der Waals surface area contributed by atoms with Crippen LogP contribution in [0.5, 0.6) is 0 Å². The van der Waals surface area contributed by atoms with Crippen LogP contribution in [0.3, 0.4) is 0 Å². The fourth-order valence-corrected chi connectivity index (χ4v) is 4.46. The van der Waals surface area contributed by atoms with Crippen molar-refractivity contribution in [2.24, 2.45) is 0 Å². The van der Waals surface area contributed by atoms with Crippen LogP contribution in [0.25, 0.3) is 5.82 Å². The zero-order chi connectivity index (χ0) is 20.0. The van der Waals surface area contributed by atoms with Crippen LogP contribution in [-0.2, 0) is 0 Å². The molecule has 1 amide bonds. The Morgan fingerprint density at radius 2 is 1.79 bits per heavy atom. The topological polar surface area (TPSA) is 92.9 Å². The van der Waals surface area contributed by atoms with Crippen LogP contribution in [0, 0.1) is 13.8 Å². The van der Waals surface area contributed by atoms with Crippen LogP contribution >= 0.6 is 0 Å². The predicted molar refractivity (Wildman–Crippen MR) is 106 cm³/mol. The lowest BCUT2D eigenvalue weighted by molar-refractivity contribution is 0.0716. The Morgan fingerprint density at radius 1 is 1.07 bits per heavy atom. The molecule has 0 aliphatic carbocycles. The standard InChI is InChI=1S/C20H22N8O/c1-13-10-14(2)24-20(23-13)28-15-5-6-16(28)12-26(11-15)19(29)17-4-3-7-21-18(17)27-9-8-22-25-27/h3-4,7-10,15-16H,5-6,11-12H2,1-2H3. The molecular formula is C20H22N8O. The number of carbonyl (C=O) groups excluding carboxylic acids is 1. The third-order valence-corrected chi connectivity index (χ3v) is 5.63. The molecule has 3 aromatic heterocycles. The lowest BCUT2D eigenvalue weighted by Gasteiger charge is -2.41. The molecule has 9 nitrogen and oxygen atoms in total. The van der Waals surface area contributed by atoms with Crippen molar-refractivity contribution < 1.29 is 4.79 Å². The van der Waals surface area contributed by atoms with E-state index in [0.29, 0.717) is 24.5 Å². The third kappa shape index (κ3) is 3.12. The lowest BCUT2D eigenvalue weighted by Crippen LogP contribution is -2.56. The number of rotatable bonds is 3. The van der Waals surface area contributed by atoms with Gasteiger partial charge in [-0.1, -0.05) is 5.21 Å². The molecule has 0 spiro atoms. The first-order valence-electron chi connectivity index (χ1n) is 9.82. The monoisotopic (exact) mass is 390 g/mol. The summed E-state index contributed by atoms with van der Waals surface area (Å²) in [5, 5.41) is 7.82. The number of pyridine rings is 1. The van der Waals surface area contributed by atoms with Crippen LogP contribution in [-0.4, -0.2) is 65.9 Å². The van der Waals surface area contributed by atoms with Gasteiger partial charge in [-0.05, 0) is 44.9 Å². The van der Waals surface area contributed by atoms with Crippen LogP contribution < -0.4 is 4.90 Å². The molecule has 2 unspecified atom stereocenters. The van der Waals surface area contributed by atoms with Gasteiger partial charge in [0.1, 0.15) is 0 Å². The zero-order valence-electron chi connectivity index (χ0n) is 16.4. The quantitative estimate of drug-likeness (QED) is 0.670. The van der Waals surface area contributed by atoms with E-state index in [2.05, 4.69) is 30.2 Å². The summed E-state index contributed by atoms with van der Waals surface area (Å²) >= 11 is 0. The van der Waals surface area contributed by atoms with Gasteiger partial charge >= 0.3 is 0 Å². The number of amides is 1. The molecular weight excluding hydrogens is 368 g/mol. The first-order valence-corrected chi connectivity index (χ1v) is 9.82. The Hall–Kier alpha value is -3.36. The summed E-state index contributed by atoms with van der Waals surface area (Å²) in [7, 11) is 0. The number of nitrogens with zero attached hydrogens (tertiary/aromatic N) is 8. The number of hydrogen-bond acceptors (Lipinski definition) is 7. The summed E-state index contributed by atoms with van der Waals surface area (Å²) in [5.41, 5.74) is 2.48. The van der Waals surface area contributed by atoms with Crippen molar-refractivity contribution in [1.82, 2.24) is 34.8 Å². The molecule has 2 atom stereocenters. The summed E-state index contributed by atoms with van der Waals surface area (Å²) < 4.78 is 1.53. The molecule has 5 heterocycles. The maximum atomic E-state index is 13.4.